The van der Waals surface area contributed by atoms with E-state index in [4.69, 9.17) is 4.98 Å². The number of hydrogen-bond acceptors (Lipinski definition) is 3. The van der Waals surface area contributed by atoms with Crippen molar-refractivity contribution in [2.75, 3.05) is 0 Å². The number of hydrogen-bond donors (Lipinski definition) is 1. The van der Waals surface area contributed by atoms with Gasteiger partial charge in [0, 0.05) is 19.0 Å². The smallest absolute Gasteiger partial charge is 0.109 e. The molecule has 1 saturated carbocycles. The molecular weight excluding hydrogens is 260 g/mol. The van der Waals surface area contributed by atoms with E-state index >= 15 is 0 Å². The van der Waals surface area contributed by atoms with E-state index in [1.165, 1.54) is 18.4 Å². The largest absolute Gasteiger partial charge is 0.328 e. The molecule has 0 bridgehead atoms. The standard InChI is InChI=1S/C17H22N4/c1-2-5-17-20-15-6-3-4-7-16(15)21(17)11-10-14(12-18)19-13-8-9-13/h3-4,6-7,13-14,19H,2,5,8-11H2,1H3. The summed E-state index contributed by atoms with van der Waals surface area (Å²) in [6.45, 7) is 3.03. The minimum Gasteiger partial charge on any atom is -0.328 e. The van der Waals surface area contributed by atoms with Crippen LogP contribution >= 0.6 is 0 Å². The molecule has 3 rings (SSSR count). The molecule has 0 aliphatic heterocycles. The van der Waals surface area contributed by atoms with Crippen LogP contribution in [0.5, 0.6) is 0 Å². The van der Waals surface area contributed by atoms with Crippen molar-refractivity contribution in [3.8, 4) is 6.07 Å². The third kappa shape index (κ3) is 3.25. The average molecular weight is 282 g/mol. The van der Waals surface area contributed by atoms with Crippen LogP contribution in [0.25, 0.3) is 11.0 Å². The summed E-state index contributed by atoms with van der Waals surface area (Å²) >= 11 is 0. The Bertz CT molecular complexity index is 648. The number of rotatable bonds is 7. The Morgan fingerprint density at radius 1 is 1.43 bits per heavy atom. The first-order valence-corrected chi connectivity index (χ1v) is 7.91. The summed E-state index contributed by atoms with van der Waals surface area (Å²) in [5.74, 6) is 1.14. The predicted molar refractivity (Wildman–Crippen MR) is 83.9 cm³/mol. The van der Waals surface area contributed by atoms with Crippen LogP contribution in [-0.2, 0) is 13.0 Å². The summed E-state index contributed by atoms with van der Waals surface area (Å²) < 4.78 is 2.29. The normalized spacial score (nSPS) is 16.0. The number of imidazole rings is 1. The van der Waals surface area contributed by atoms with Crippen molar-refractivity contribution in [3.63, 3.8) is 0 Å². The Labute approximate surface area is 125 Å². The minimum atomic E-state index is -0.0480. The number of fused-ring (bicyclic) bond motifs is 1. The van der Waals surface area contributed by atoms with Crippen molar-refractivity contribution in [1.82, 2.24) is 14.9 Å². The van der Waals surface area contributed by atoms with E-state index in [1.807, 2.05) is 6.07 Å². The fourth-order valence-electron chi connectivity index (χ4n) is 2.77. The van der Waals surface area contributed by atoms with Crippen LogP contribution in [0.3, 0.4) is 0 Å². The molecule has 0 radical (unpaired) electrons. The molecule has 0 spiro atoms. The molecule has 1 fully saturated rings. The second kappa shape index (κ2) is 6.28. The van der Waals surface area contributed by atoms with Crippen LogP contribution in [0.2, 0.25) is 0 Å². The van der Waals surface area contributed by atoms with E-state index in [-0.39, 0.29) is 6.04 Å². The number of nitrogens with zero attached hydrogens (tertiary/aromatic N) is 3. The van der Waals surface area contributed by atoms with E-state index in [9.17, 15) is 5.26 Å². The van der Waals surface area contributed by atoms with Crippen molar-refractivity contribution in [3.05, 3.63) is 30.1 Å². The fraction of sp³-hybridized carbons (Fsp3) is 0.529. The lowest BCUT2D eigenvalue weighted by atomic mass is 10.2. The summed E-state index contributed by atoms with van der Waals surface area (Å²) in [5, 5.41) is 12.7. The molecule has 1 heterocycles. The van der Waals surface area contributed by atoms with Gasteiger partial charge in [-0.05, 0) is 37.8 Å². The molecule has 1 aliphatic rings. The number of benzene rings is 1. The number of nitrogens with one attached hydrogen (secondary N) is 1. The molecule has 0 saturated heterocycles. The van der Waals surface area contributed by atoms with Gasteiger partial charge in [0.15, 0.2) is 0 Å². The zero-order valence-corrected chi connectivity index (χ0v) is 12.5. The maximum absolute atomic E-state index is 9.28. The molecule has 4 nitrogen and oxygen atoms in total. The molecule has 1 unspecified atom stereocenters. The Balaban J connectivity index is 1.77. The molecule has 2 aromatic rings. The third-order valence-corrected chi connectivity index (χ3v) is 4.02. The van der Waals surface area contributed by atoms with Gasteiger partial charge in [0.1, 0.15) is 5.82 Å². The van der Waals surface area contributed by atoms with Gasteiger partial charge in [0.25, 0.3) is 0 Å². The number of para-hydroxylation sites is 2. The van der Waals surface area contributed by atoms with E-state index in [0.29, 0.717) is 6.04 Å². The van der Waals surface area contributed by atoms with Crippen molar-refractivity contribution in [2.24, 2.45) is 0 Å². The van der Waals surface area contributed by atoms with Crippen LogP contribution < -0.4 is 5.32 Å². The first kappa shape index (κ1) is 14.1. The summed E-state index contributed by atoms with van der Waals surface area (Å²) in [5.41, 5.74) is 2.24. The van der Waals surface area contributed by atoms with E-state index in [1.54, 1.807) is 0 Å². The fourth-order valence-corrected chi connectivity index (χ4v) is 2.77. The van der Waals surface area contributed by atoms with Gasteiger partial charge in [-0.1, -0.05) is 19.1 Å². The Hall–Kier alpha value is -1.86. The second-order valence-electron chi connectivity index (χ2n) is 5.83. The lowest BCUT2D eigenvalue weighted by Gasteiger charge is -2.13. The van der Waals surface area contributed by atoms with Gasteiger partial charge in [-0.3, -0.25) is 5.32 Å². The highest BCUT2D eigenvalue weighted by atomic mass is 15.1. The van der Waals surface area contributed by atoms with Crippen LogP contribution in [0.1, 0.15) is 38.4 Å². The molecule has 21 heavy (non-hydrogen) atoms. The minimum absolute atomic E-state index is 0.0480. The van der Waals surface area contributed by atoms with Gasteiger partial charge in [-0.15, -0.1) is 0 Å². The highest BCUT2D eigenvalue weighted by Gasteiger charge is 2.24. The number of aromatic nitrogens is 2. The highest BCUT2D eigenvalue weighted by molar-refractivity contribution is 5.75. The van der Waals surface area contributed by atoms with E-state index < -0.39 is 0 Å². The maximum atomic E-state index is 9.28. The van der Waals surface area contributed by atoms with Crippen molar-refractivity contribution < 1.29 is 0 Å². The van der Waals surface area contributed by atoms with Gasteiger partial charge >= 0.3 is 0 Å². The lowest BCUT2D eigenvalue weighted by molar-refractivity contribution is 0.511. The molecular formula is C17H22N4. The molecule has 1 aliphatic carbocycles. The molecule has 1 aromatic heterocycles. The SMILES string of the molecule is CCCc1nc2ccccc2n1CCC(C#N)NC1CC1. The highest BCUT2D eigenvalue weighted by Crippen LogP contribution is 2.21. The van der Waals surface area contributed by atoms with Crippen LogP contribution in [0.4, 0.5) is 0 Å². The Morgan fingerprint density at radius 3 is 2.95 bits per heavy atom. The molecule has 0 amide bonds. The molecule has 4 heteroatoms. The van der Waals surface area contributed by atoms with Crippen LogP contribution in [0, 0.1) is 11.3 Å². The summed E-state index contributed by atoms with van der Waals surface area (Å²) in [4.78, 5) is 4.74. The van der Waals surface area contributed by atoms with Gasteiger partial charge in [0.2, 0.25) is 0 Å². The van der Waals surface area contributed by atoms with E-state index in [0.717, 1.165) is 37.1 Å². The lowest BCUT2D eigenvalue weighted by Crippen LogP contribution is -2.30. The molecule has 1 N–H and O–H groups in total. The van der Waals surface area contributed by atoms with Crippen molar-refractivity contribution >= 4 is 11.0 Å². The van der Waals surface area contributed by atoms with Crippen LogP contribution in [-0.4, -0.2) is 21.6 Å². The first-order valence-electron chi connectivity index (χ1n) is 7.91. The zero-order valence-electron chi connectivity index (χ0n) is 12.5. The van der Waals surface area contributed by atoms with Gasteiger partial charge in [-0.2, -0.15) is 5.26 Å². The summed E-state index contributed by atoms with van der Waals surface area (Å²) in [6.07, 6.45) is 5.35. The predicted octanol–water partition coefficient (Wildman–Crippen LogP) is 3.02. The van der Waals surface area contributed by atoms with Gasteiger partial charge < -0.3 is 4.57 Å². The Morgan fingerprint density at radius 2 is 2.24 bits per heavy atom. The molecule has 1 aromatic carbocycles. The third-order valence-electron chi connectivity index (χ3n) is 4.02. The monoisotopic (exact) mass is 282 g/mol. The Kier molecular flexibility index (Phi) is 4.21. The van der Waals surface area contributed by atoms with Gasteiger partial charge in [0.05, 0.1) is 23.1 Å². The second-order valence-corrected chi connectivity index (χ2v) is 5.83. The maximum Gasteiger partial charge on any atom is 0.109 e. The summed E-state index contributed by atoms with van der Waals surface area (Å²) in [7, 11) is 0. The van der Waals surface area contributed by atoms with Crippen molar-refractivity contribution in [2.45, 2.75) is 57.7 Å². The van der Waals surface area contributed by atoms with Crippen molar-refractivity contribution in [1.29, 1.82) is 5.26 Å². The summed E-state index contributed by atoms with van der Waals surface area (Å²) in [6, 6.07) is 11.2. The molecule has 1 atom stereocenters. The number of aryl methyl sites for hydroxylation is 2. The first-order chi connectivity index (χ1) is 10.3. The number of nitriles is 1. The average Bonchev–Trinajstić information content (AvgIpc) is 3.25. The van der Waals surface area contributed by atoms with Gasteiger partial charge in [-0.25, -0.2) is 4.98 Å². The zero-order chi connectivity index (χ0) is 14.7. The topological polar surface area (TPSA) is 53.6 Å². The molecule has 110 valence electrons. The quantitative estimate of drug-likeness (QED) is 0.849. The van der Waals surface area contributed by atoms with E-state index in [2.05, 4.69) is 41.1 Å². The van der Waals surface area contributed by atoms with Crippen LogP contribution in [0.15, 0.2) is 24.3 Å².